The number of aliphatic hydroxyl groups excluding tert-OH is 1. The topological polar surface area (TPSA) is 85.2 Å². The number of ether oxygens (including phenoxy) is 1. The van der Waals surface area contributed by atoms with Crippen LogP contribution in [0.2, 0.25) is 0 Å². The third-order valence-electron chi connectivity index (χ3n) is 2.21. The van der Waals surface area contributed by atoms with Gasteiger partial charge in [-0.05, 0) is 32.9 Å². The molecule has 2 unspecified atom stereocenters. The number of nitrogens with zero attached hydrogens (tertiary/aromatic N) is 1. The van der Waals surface area contributed by atoms with Gasteiger partial charge in [-0.3, -0.25) is 9.56 Å². The number of carbonyl (C=O) groups excluding carboxylic acids is 1. The predicted molar refractivity (Wildman–Crippen MR) is 83.5 cm³/mol. The van der Waals surface area contributed by atoms with E-state index in [2.05, 4.69) is 11.6 Å². The minimum Gasteiger partial charge on any atom is -0.464 e. The lowest BCUT2D eigenvalue weighted by molar-refractivity contribution is -0.149. The van der Waals surface area contributed by atoms with Crippen LogP contribution in [0.15, 0.2) is 41.3 Å². The molecule has 0 saturated carbocycles. The van der Waals surface area contributed by atoms with Crippen molar-refractivity contribution in [3.05, 3.63) is 36.3 Å². The van der Waals surface area contributed by atoms with Gasteiger partial charge in [-0.15, -0.1) is 0 Å². The second-order valence-electron chi connectivity index (χ2n) is 3.71. The second kappa shape index (κ2) is 10.3. The molecule has 2 atom stereocenters. The van der Waals surface area contributed by atoms with E-state index >= 15 is 0 Å². The minimum absolute atomic E-state index is 0.0430. The monoisotopic (exact) mass is 315 g/mol. The third kappa shape index (κ3) is 5.79. The van der Waals surface area contributed by atoms with E-state index in [4.69, 9.17) is 9.26 Å². The number of aliphatic imine (C=N–C) groups is 1. The quantitative estimate of drug-likeness (QED) is 0.306. The Labute approximate surface area is 125 Å². The van der Waals surface area contributed by atoms with Crippen LogP contribution in [-0.2, 0) is 18.6 Å². The van der Waals surface area contributed by atoms with Crippen molar-refractivity contribution in [3.8, 4) is 0 Å². The molecule has 0 radical (unpaired) electrons. The Morgan fingerprint density at radius 1 is 1.43 bits per heavy atom. The molecule has 0 saturated heterocycles. The Bertz CT molecular complexity index is 482. The molecule has 0 aromatic rings. The molecule has 0 aromatic carbocycles. The molecule has 1 N–H and O–H groups in total. The van der Waals surface area contributed by atoms with Gasteiger partial charge >= 0.3 is 5.97 Å². The van der Waals surface area contributed by atoms with Crippen molar-refractivity contribution >= 4 is 19.6 Å². The highest BCUT2D eigenvalue weighted by Gasteiger charge is 2.42. The summed E-state index contributed by atoms with van der Waals surface area (Å²) in [5.41, 5.74) is -0.0574. The number of allylic oxidation sites excluding steroid dienone is 4. The molecule has 0 rings (SSSR count). The maximum absolute atomic E-state index is 12.9. The Morgan fingerprint density at radius 2 is 2.10 bits per heavy atom. The van der Waals surface area contributed by atoms with E-state index in [0.717, 1.165) is 0 Å². The van der Waals surface area contributed by atoms with Gasteiger partial charge in [0.25, 0.3) is 7.37 Å². The highest BCUT2D eigenvalue weighted by Crippen LogP contribution is 2.59. The van der Waals surface area contributed by atoms with Crippen molar-refractivity contribution in [1.29, 1.82) is 0 Å². The normalized spacial score (nSPS) is 16.9. The van der Waals surface area contributed by atoms with E-state index in [0.29, 0.717) is 0 Å². The average molecular weight is 315 g/mol. The molecule has 6 nitrogen and oxygen atoms in total. The Kier molecular flexibility index (Phi) is 9.54. The molecule has 7 heteroatoms. The van der Waals surface area contributed by atoms with Crippen molar-refractivity contribution in [3.63, 3.8) is 0 Å². The van der Waals surface area contributed by atoms with Gasteiger partial charge in [-0.2, -0.15) is 0 Å². The van der Waals surface area contributed by atoms with Gasteiger partial charge in [-0.25, -0.2) is 4.79 Å². The smallest absolute Gasteiger partial charge is 0.345 e. The number of hydrogen-bond donors (Lipinski definition) is 1. The van der Waals surface area contributed by atoms with E-state index < -0.39 is 19.2 Å². The Hall–Kier alpha value is -1.49. The van der Waals surface area contributed by atoms with Gasteiger partial charge < -0.3 is 14.4 Å². The summed E-state index contributed by atoms with van der Waals surface area (Å²) in [7, 11) is -3.92. The van der Waals surface area contributed by atoms with Crippen LogP contribution in [0.3, 0.4) is 0 Å². The van der Waals surface area contributed by atoms with E-state index in [1.807, 2.05) is 0 Å². The number of rotatable bonds is 9. The standard InChI is InChI=1S/C14H22NO5P/c1-5-9-11-15-12(10-6-2)21(18,20-8-4)14(17)13(16)19-7-3/h5-6,9-11,14,17H,2,7-8H2,1,3-4H3/b9-5-,12-10+,15-11-. The van der Waals surface area contributed by atoms with Crippen LogP contribution in [0.25, 0.3) is 0 Å². The fraction of sp³-hybridized carbons (Fsp3) is 0.429. The number of carbonyl (C=O) groups is 1. The van der Waals surface area contributed by atoms with Crippen LogP contribution in [0.4, 0.5) is 0 Å². The molecule has 0 aliphatic carbocycles. The fourth-order valence-electron chi connectivity index (χ4n) is 1.35. The zero-order valence-electron chi connectivity index (χ0n) is 12.6. The second-order valence-corrected chi connectivity index (χ2v) is 6.10. The molecule has 0 spiro atoms. The van der Waals surface area contributed by atoms with E-state index in [-0.39, 0.29) is 18.7 Å². The maximum atomic E-state index is 12.9. The fourth-order valence-corrected chi connectivity index (χ4v) is 3.15. The molecular weight excluding hydrogens is 293 g/mol. The summed E-state index contributed by atoms with van der Waals surface area (Å²) in [6, 6.07) is 0. The van der Waals surface area contributed by atoms with E-state index in [9.17, 15) is 14.5 Å². The van der Waals surface area contributed by atoms with Gasteiger partial charge in [0.2, 0.25) is 5.85 Å². The predicted octanol–water partition coefficient (Wildman–Crippen LogP) is 2.86. The molecule has 0 aliphatic rings. The lowest BCUT2D eigenvalue weighted by Gasteiger charge is -2.22. The first-order valence-electron chi connectivity index (χ1n) is 6.55. The van der Waals surface area contributed by atoms with Crippen LogP contribution in [0, 0.1) is 0 Å². The summed E-state index contributed by atoms with van der Waals surface area (Å²) in [5, 5.41) is 10.0. The van der Waals surface area contributed by atoms with Gasteiger partial charge in [0.05, 0.1) is 13.2 Å². The minimum atomic E-state index is -3.92. The summed E-state index contributed by atoms with van der Waals surface area (Å²) in [4.78, 5) is 15.6. The molecule has 0 fully saturated rings. The zero-order valence-corrected chi connectivity index (χ0v) is 13.5. The Balaban J connectivity index is 5.66. The molecule has 0 aliphatic heterocycles. The molecule has 0 amide bonds. The summed E-state index contributed by atoms with van der Waals surface area (Å²) in [6.07, 6.45) is 7.41. The first kappa shape index (κ1) is 19.5. The lowest BCUT2D eigenvalue weighted by Crippen LogP contribution is -2.25. The third-order valence-corrected chi connectivity index (χ3v) is 4.61. The molecule has 21 heavy (non-hydrogen) atoms. The van der Waals surface area contributed by atoms with Crippen LogP contribution in [0.1, 0.15) is 20.8 Å². The van der Waals surface area contributed by atoms with E-state index in [1.54, 1.807) is 32.9 Å². The highest BCUT2D eigenvalue weighted by molar-refractivity contribution is 7.64. The molecule has 0 aromatic heterocycles. The van der Waals surface area contributed by atoms with Crippen molar-refractivity contribution in [2.75, 3.05) is 13.2 Å². The molecular formula is C14H22NO5P. The van der Waals surface area contributed by atoms with Crippen molar-refractivity contribution in [2.45, 2.75) is 26.6 Å². The first-order valence-corrected chi connectivity index (χ1v) is 8.24. The summed E-state index contributed by atoms with van der Waals surface area (Å²) < 4.78 is 22.7. The average Bonchev–Trinajstić information content (AvgIpc) is 2.46. The van der Waals surface area contributed by atoms with Crippen molar-refractivity contribution in [2.24, 2.45) is 4.99 Å². The van der Waals surface area contributed by atoms with Crippen LogP contribution < -0.4 is 0 Å². The largest absolute Gasteiger partial charge is 0.464 e. The summed E-state index contributed by atoms with van der Waals surface area (Å²) in [6.45, 7) is 8.58. The molecule has 0 heterocycles. The van der Waals surface area contributed by atoms with Crippen LogP contribution in [-0.4, -0.2) is 36.3 Å². The van der Waals surface area contributed by atoms with Crippen LogP contribution >= 0.6 is 7.37 Å². The van der Waals surface area contributed by atoms with Gasteiger partial charge in [0.15, 0.2) is 0 Å². The molecule has 0 bridgehead atoms. The highest BCUT2D eigenvalue weighted by atomic mass is 31.2. The summed E-state index contributed by atoms with van der Waals surface area (Å²) in [5.74, 6) is -2.93. The zero-order chi connectivity index (χ0) is 16.3. The van der Waals surface area contributed by atoms with Crippen LogP contribution in [0.5, 0.6) is 0 Å². The molecule has 118 valence electrons. The van der Waals surface area contributed by atoms with Gasteiger partial charge in [-0.1, -0.05) is 18.7 Å². The SMILES string of the molecule is C=C\C=C(/N=C\C=C/C)P(=O)(OCC)C(O)C(=O)OCC. The first-order chi connectivity index (χ1) is 9.97. The van der Waals surface area contributed by atoms with Gasteiger partial charge in [0, 0.05) is 6.21 Å². The number of esters is 1. The Morgan fingerprint density at radius 3 is 2.57 bits per heavy atom. The van der Waals surface area contributed by atoms with Gasteiger partial charge in [0.1, 0.15) is 5.44 Å². The lowest BCUT2D eigenvalue weighted by atomic mass is 10.5. The maximum Gasteiger partial charge on any atom is 0.345 e. The number of aliphatic hydroxyl groups is 1. The van der Waals surface area contributed by atoms with Crippen molar-refractivity contribution in [1.82, 2.24) is 0 Å². The number of hydrogen-bond acceptors (Lipinski definition) is 6. The summed E-state index contributed by atoms with van der Waals surface area (Å²) >= 11 is 0. The van der Waals surface area contributed by atoms with E-state index in [1.165, 1.54) is 18.4 Å². The van der Waals surface area contributed by atoms with Crippen molar-refractivity contribution < 1.29 is 23.7 Å².